The van der Waals surface area contributed by atoms with Crippen LogP contribution in [0.15, 0.2) is 76.6 Å². The first-order chi connectivity index (χ1) is 16.9. The van der Waals surface area contributed by atoms with Gasteiger partial charge in [0.05, 0.1) is 12.0 Å². The van der Waals surface area contributed by atoms with Crippen LogP contribution in [0.5, 0.6) is 5.75 Å². The number of carbonyl (C=O) groups is 1. The molecule has 5 nitrogen and oxygen atoms in total. The van der Waals surface area contributed by atoms with E-state index >= 15 is 0 Å². The molecule has 0 spiro atoms. The Morgan fingerprint density at radius 3 is 2.77 bits per heavy atom. The molecule has 1 aliphatic heterocycles. The molecule has 0 bridgehead atoms. The van der Waals surface area contributed by atoms with Crippen molar-refractivity contribution in [2.45, 2.75) is 13.5 Å². The van der Waals surface area contributed by atoms with E-state index in [9.17, 15) is 9.18 Å². The van der Waals surface area contributed by atoms with Gasteiger partial charge in [0, 0.05) is 33.7 Å². The van der Waals surface area contributed by atoms with Gasteiger partial charge in [-0.25, -0.2) is 9.38 Å². The zero-order valence-corrected chi connectivity index (χ0v) is 20.6. The summed E-state index contributed by atoms with van der Waals surface area (Å²) >= 11 is 7.37. The second-order valence-corrected chi connectivity index (χ2v) is 9.50. The first-order valence-electron chi connectivity index (χ1n) is 10.9. The summed E-state index contributed by atoms with van der Waals surface area (Å²) in [4.78, 5) is 17.9. The number of benzene rings is 3. The smallest absolute Gasteiger partial charge is 0.264 e. The molecule has 1 aliphatic rings. The van der Waals surface area contributed by atoms with Gasteiger partial charge in [-0.1, -0.05) is 41.9 Å². The minimum absolute atomic E-state index is 0.226. The number of nitrogens with zero attached hydrogens (tertiary/aromatic N) is 2. The number of hydrogen-bond donors (Lipinski definition) is 1. The van der Waals surface area contributed by atoms with E-state index in [1.54, 1.807) is 37.4 Å². The lowest BCUT2D eigenvalue weighted by Crippen LogP contribution is -2.19. The zero-order valence-electron chi connectivity index (χ0n) is 19.0. The number of amides is 1. The van der Waals surface area contributed by atoms with Crippen LogP contribution >= 0.6 is 23.4 Å². The highest BCUT2D eigenvalue weighted by Gasteiger charge is 2.25. The number of para-hydroxylation sites is 1. The number of carbonyl (C=O) groups excluding carboxylic acids is 1. The van der Waals surface area contributed by atoms with Crippen LogP contribution in [-0.2, 0) is 11.3 Å². The molecule has 3 aromatic carbocycles. The summed E-state index contributed by atoms with van der Waals surface area (Å²) in [7, 11) is 1.56. The number of thioether (sulfide) groups is 1. The SMILES string of the molecule is COc1ccc(Cl)cc1N=C1NC(=O)/C(=C/c2c(C)n(Cc3cccc(F)c3)c3ccccc23)S1. The number of methoxy groups -OCH3 is 1. The monoisotopic (exact) mass is 505 g/mol. The molecule has 1 N–H and O–H groups in total. The van der Waals surface area contributed by atoms with Crippen LogP contribution in [0.2, 0.25) is 5.02 Å². The third-order valence-electron chi connectivity index (χ3n) is 5.80. The maximum Gasteiger partial charge on any atom is 0.264 e. The van der Waals surface area contributed by atoms with Crippen molar-refractivity contribution in [1.82, 2.24) is 9.88 Å². The predicted molar refractivity (Wildman–Crippen MR) is 141 cm³/mol. The standard InChI is InChI=1S/C27H21ClFN3O2S/c1-16-21(20-8-3-4-9-23(20)32(16)15-17-6-5-7-19(29)12-17)14-25-26(33)31-27(35-25)30-22-13-18(28)10-11-24(22)34-2/h3-14H,15H2,1-2H3,(H,30,31,33)/b25-14-. The van der Waals surface area contributed by atoms with Crippen LogP contribution in [0.4, 0.5) is 10.1 Å². The van der Waals surface area contributed by atoms with Gasteiger partial charge in [-0.05, 0) is 66.7 Å². The van der Waals surface area contributed by atoms with Gasteiger partial charge in [0.15, 0.2) is 5.17 Å². The predicted octanol–water partition coefficient (Wildman–Crippen LogP) is 6.69. The summed E-state index contributed by atoms with van der Waals surface area (Å²) in [5, 5.41) is 4.81. The van der Waals surface area contributed by atoms with Gasteiger partial charge in [0.25, 0.3) is 5.91 Å². The second-order valence-electron chi connectivity index (χ2n) is 8.03. The number of nitrogens with one attached hydrogen (secondary N) is 1. The number of halogens is 2. The first kappa shape index (κ1) is 23.2. The molecular formula is C27H21ClFN3O2S. The fourth-order valence-corrected chi connectivity index (χ4v) is 5.12. The van der Waals surface area contributed by atoms with Gasteiger partial charge in [0.1, 0.15) is 17.3 Å². The summed E-state index contributed by atoms with van der Waals surface area (Å²) < 4.78 is 21.3. The number of amidine groups is 1. The van der Waals surface area contributed by atoms with Crippen LogP contribution in [0, 0.1) is 12.7 Å². The van der Waals surface area contributed by atoms with Crippen LogP contribution in [-0.4, -0.2) is 22.8 Å². The molecule has 0 unspecified atom stereocenters. The lowest BCUT2D eigenvalue weighted by molar-refractivity contribution is -0.115. The van der Waals surface area contributed by atoms with Crippen molar-refractivity contribution in [1.29, 1.82) is 0 Å². The van der Waals surface area contributed by atoms with Gasteiger partial charge in [-0.2, -0.15) is 0 Å². The molecule has 176 valence electrons. The van der Waals surface area contributed by atoms with E-state index in [4.69, 9.17) is 16.3 Å². The van der Waals surface area contributed by atoms with Crippen LogP contribution in [0.25, 0.3) is 17.0 Å². The fourth-order valence-electron chi connectivity index (χ4n) is 4.13. The summed E-state index contributed by atoms with van der Waals surface area (Å²) in [6.45, 7) is 2.53. The Bertz CT molecular complexity index is 1530. The van der Waals surface area contributed by atoms with Crippen LogP contribution < -0.4 is 10.1 Å². The lowest BCUT2D eigenvalue weighted by atomic mass is 10.1. The van der Waals surface area contributed by atoms with Gasteiger partial charge in [-0.15, -0.1) is 0 Å². The number of fused-ring (bicyclic) bond motifs is 1. The third kappa shape index (κ3) is 4.70. The van der Waals surface area contributed by atoms with E-state index in [0.29, 0.717) is 33.1 Å². The normalized spacial score (nSPS) is 15.8. The number of ether oxygens (including phenoxy) is 1. The minimum atomic E-state index is -0.263. The van der Waals surface area contributed by atoms with Crippen molar-refractivity contribution in [3.05, 3.63) is 99.3 Å². The lowest BCUT2D eigenvalue weighted by Gasteiger charge is -2.09. The highest BCUT2D eigenvalue weighted by atomic mass is 35.5. The zero-order chi connectivity index (χ0) is 24.5. The van der Waals surface area contributed by atoms with E-state index in [1.165, 1.54) is 17.8 Å². The van der Waals surface area contributed by atoms with E-state index in [0.717, 1.165) is 27.7 Å². The third-order valence-corrected chi connectivity index (χ3v) is 6.94. The Morgan fingerprint density at radius 2 is 1.97 bits per heavy atom. The molecule has 1 fully saturated rings. The highest BCUT2D eigenvalue weighted by molar-refractivity contribution is 8.18. The average molecular weight is 506 g/mol. The molecule has 1 saturated heterocycles. The van der Waals surface area contributed by atoms with Gasteiger partial charge < -0.3 is 14.6 Å². The van der Waals surface area contributed by atoms with Crippen molar-refractivity contribution in [2.75, 3.05) is 7.11 Å². The van der Waals surface area contributed by atoms with E-state index in [2.05, 4.69) is 14.9 Å². The highest BCUT2D eigenvalue weighted by Crippen LogP contribution is 2.36. The van der Waals surface area contributed by atoms with Crippen LogP contribution in [0.3, 0.4) is 0 Å². The van der Waals surface area contributed by atoms with Crippen LogP contribution in [0.1, 0.15) is 16.8 Å². The number of rotatable bonds is 5. The summed E-state index contributed by atoms with van der Waals surface area (Å²) in [5.41, 5.74) is 4.34. The second kappa shape index (κ2) is 9.60. The average Bonchev–Trinajstić information content (AvgIpc) is 3.31. The molecule has 0 saturated carbocycles. The quantitative estimate of drug-likeness (QED) is 0.307. The van der Waals surface area contributed by atoms with Crippen molar-refractivity contribution in [2.24, 2.45) is 4.99 Å². The maximum atomic E-state index is 13.8. The molecular weight excluding hydrogens is 485 g/mol. The Hall–Kier alpha value is -3.55. The molecule has 4 aromatic rings. The molecule has 0 radical (unpaired) electrons. The van der Waals surface area contributed by atoms with E-state index in [-0.39, 0.29) is 11.7 Å². The van der Waals surface area contributed by atoms with Crippen molar-refractivity contribution in [3.8, 4) is 5.75 Å². The largest absolute Gasteiger partial charge is 0.494 e. The summed E-state index contributed by atoms with van der Waals surface area (Å²) in [5.74, 6) is 0.0719. The van der Waals surface area contributed by atoms with Crippen molar-refractivity contribution < 1.29 is 13.9 Å². The molecule has 1 aromatic heterocycles. The van der Waals surface area contributed by atoms with E-state index in [1.807, 2.05) is 43.3 Å². The van der Waals surface area contributed by atoms with Gasteiger partial charge >= 0.3 is 0 Å². The van der Waals surface area contributed by atoms with Gasteiger partial charge in [0.2, 0.25) is 0 Å². The van der Waals surface area contributed by atoms with Gasteiger partial charge in [-0.3, -0.25) is 4.79 Å². The number of aromatic nitrogens is 1. The number of hydrogen-bond acceptors (Lipinski definition) is 4. The Kier molecular flexibility index (Phi) is 6.36. The molecule has 8 heteroatoms. The molecule has 2 heterocycles. The molecule has 1 amide bonds. The summed E-state index contributed by atoms with van der Waals surface area (Å²) in [6.07, 6.45) is 1.89. The van der Waals surface area contributed by atoms with E-state index < -0.39 is 0 Å². The fraction of sp³-hybridized carbons (Fsp3) is 0.111. The first-order valence-corrected chi connectivity index (χ1v) is 12.1. The van der Waals surface area contributed by atoms with Crippen molar-refractivity contribution >= 4 is 57.1 Å². The Balaban J connectivity index is 1.52. The Labute approximate surface area is 211 Å². The molecule has 0 atom stereocenters. The maximum absolute atomic E-state index is 13.8. The number of aliphatic imine (C=N–C) groups is 1. The molecule has 5 rings (SSSR count). The Morgan fingerprint density at radius 1 is 1.14 bits per heavy atom. The summed E-state index contributed by atoms with van der Waals surface area (Å²) in [6, 6.07) is 19.7. The molecule has 35 heavy (non-hydrogen) atoms. The van der Waals surface area contributed by atoms with Crippen molar-refractivity contribution in [3.63, 3.8) is 0 Å². The minimum Gasteiger partial charge on any atom is -0.494 e. The topological polar surface area (TPSA) is 55.6 Å². The molecule has 0 aliphatic carbocycles.